The molecule has 112 valence electrons. The Kier molecular flexibility index (Phi) is 4.66. The molecule has 0 atom stereocenters. The molecule has 9 heteroatoms. The van der Waals surface area contributed by atoms with Gasteiger partial charge in [0.15, 0.2) is 0 Å². The van der Waals surface area contributed by atoms with Crippen molar-refractivity contribution in [1.29, 1.82) is 0 Å². The zero-order valence-corrected chi connectivity index (χ0v) is 13.3. The zero-order chi connectivity index (χ0) is 15.5. The average molecular weight is 374 g/mol. The Labute approximate surface area is 129 Å². The zero-order valence-electron chi connectivity index (χ0n) is 10.9. The van der Waals surface area contributed by atoms with Crippen molar-refractivity contribution in [1.82, 2.24) is 15.2 Å². The van der Waals surface area contributed by atoms with Crippen LogP contribution >= 0.6 is 15.9 Å². The van der Waals surface area contributed by atoms with Crippen LogP contribution in [0.15, 0.2) is 45.9 Å². The largest absolute Gasteiger partial charge is 0.496 e. The minimum Gasteiger partial charge on any atom is -0.496 e. The summed E-state index contributed by atoms with van der Waals surface area (Å²) in [6, 6.07) is 7.40. The van der Waals surface area contributed by atoms with E-state index in [0.29, 0.717) is 10.2 Å². The lowest BCUT2D eigenvalue weighted by Crippen LogP contribution is -2.41. The van der Waals surface area contributed by atoms with Crippen LogP contribution in [0.25, 0.3) is 0 Å². The van der Waals surface area contributed by atoms with Gasteiger partial charge >= 0.3 is 0 Å². The smallest absolute Gasteiger partial charge is 0.282 e. The summed E-state index contributed by atoms with van der Waals surface area (Å²) in [5.41, 5.74) is 2.36. The van der Waals surface area contributed by atoms with E-state index < -0.39 is 15.9 Å². The molecule has 21 heavy (non-hydrogen) atoms. The van der Waals surface area contributed by atoms with Crippen molar-refractivity contribution in [2.45, 2.75) is 4.90 Å². The molecule has 0 fully saturated rings. The molecule has 1 aromatic heterocycles. The number of methoxy groups -OCH3 is 1. The van der Waals surface area contributed by atoms with Gasteiger partial charge in [0.2, 0.25) is 0 Å². The quantitative estimate of drug-likeness (QED) is 0.689. The van der Waals surface area contributed by atoms with E-state index >= 15 is 0 Å². The van der Waals surface area contributed by atoms with Crippen molar-refractivity contribution in [2.75, 3.05) is 7.11 Å². The maximum atomic E-state index is 12.1. The highest BCUT2D eigenvalue weighted by atomic mass is 79.9. The number of H-pyrrole nitrogens is 1. The minimum absolute atomic E-state index is 0.0121. The van der Waals surface area contributed by atoms with Crippen molar-refractivity contribution < 1.29 is 17.9 Å². The van der Waals surface area contributed by atoms with Gasteiger partial charge in [-0.3, -0.25) is 10.2 Å². The molecule has 1 amide bonds. The van der Waals surface area contributed by atoms with Gasteiger partial charge in [-0.1, -0.05) is 0 Å². The number of hydrogen-bond acceptors (Lipinski definition) is 4. The van der Waals surface area contributed by atoms with E-state index in [2.05, 4.69) is 26.3 Å². The van der Waals surface area contributed by atoms with Gasteiger partial charge < -0.3 is 9.72 Å². The molecule has 0 saturated heterocycles. The predicted molar refractivity (Wildman–Crippen MR) is 79.3 cm³/mol. The molecule has 1 heterocycles. The Morgan fingerprint density at radius 1 is 1.33 bits per heavy atom. The van der Waals surface area contributed by atoms with E-state index in [4.69, 9.17) is 4.74 Å². The summed E-state index contributed by atoms with van der Waals surface area (Å²) in [7, 11) is -2.40. The first-order valence-corrected chi connectivity index (χ1v) is 8.01. The second kappa shape index (κ2) is 6.29. The topological polar surface area (TPSA) is 100 Å². The molecule has 0 saturated carbocycles. The second-order valence-electron chi connectivity index (χ2n) is 3.94. The predicted octanol–water partition coefficient (Wildman–Crippen LogP) is 1.41. The molecule has 2 rings (SSSR count). The Balaban J connectivity index is 2.12. The molecular weight excluding hydrogens is 362 g/mol. The fraction of sp³-hybridized carbons (Fsp3) is 0.0833. The number of nitrogens with one attached hydrogen (secondary N) is 3. The maximum Gasteiger partial charge on any atom is 0.282 e. The van der Waals surface area contributed by atoms with Gasteiger partial charge in [0, 0.05) is 6.20 Å². The highest BCUT2D eigenvalue weighted by Gasteiger charge is 2.17. The average Bonchev–Trinajstić information content (AvgIpc) is 2.99. The number of carbonyl (C=O) groups is 1. The van der Waals surface area contributed by atoms with Gasteiger partial charge in [0.1, 0.15) is 11.4 Å². The monoisotopic (exact) mass is 373 g/mol. The Hall–Kier alpha value is -1.84. The summed E-state index contributed by atoms with van der Waals surface area (Å²) >= 11 is 3.20. The number of ether oxygens (including phenoxy) is 1. The molecule has 0 aliphatic heterocycles. The molecule has 3 N–H and O–H groups in total. The number of halogens is 1. The van der Waals surface area contributed by atoms with Gasteiger partial charge in [0.25, 0.3) is 15.9 Å². The number of carbonyl (C=O) groups excluding carboxylic acids is 1. The number of sulfonamides is 1. The Morgan fingerprint density at radius 3 is 2.67 bits per heavy atom. The van der Waals surface area contributed by atoms with E-state index in [0.717, 1.165) is 0 Å². The van der Waals surface area contributed by atoms with Crippen LogP contribution in [-0.2, 0) is 10.0 Å². The van der Waals surface area contributed by atoms with Crippen LogP contribution in [0.2, 0.25) is 0 Å². The van der Waals surface area contributed by atoms with E-state index in [9.17, 15) is 13.2 Å². The Morgan fingerprint density at radius 2 is 2.10 bits per heavy atom. The lowest BCUT2D eigenvalue weighted by atomic mass is 10.3. The van der Waals surface area contributed by atoms with Crippen LogP contribution in [0, 0.1) is 0 Å². The standard InChI is InChI=1S/C12H12BrN3O4S/c1-20-11-5-4-8(7-9(11)13)21(18,19)16-15-12(17)10-3-2-6-14-10/h2-7,14,16H,1H3,(H,15,17). The minimum atomic E-state index is -3.88. The first kappa shape index (κ1) is 15.5. The Bertz CT molecular complexity index is 744. The molecule has 0 spiro atoms. The summed E-state index contributed by atoms with van der Waals surface area (Å²) in [6.07, 6.45) is 1.56. The summed E-state index contributed by atoms with van der Waals surface area (Å²) in [4.78, 5) is 16.3. The van der Waals surface area contributed by atoms with E-state index in [1.54, 1.807) is 12.3 Å². The third kappa shape index (κ3) is 3.63. The highest BCUT2D eigenvalue weighted by Crippen LogP contribution is 2.27. The number of rotatable bonds is 5. The van der Waals surface area contributed by atoms with E-state index in [-0.39, 0.29) is 10.6 Å². The molecular formula is C12H12BrN3O4S. The van der Waals surface area contributed by atoms with Gasteiger partial charge in [-0.15, -0.1) is 4.83 Å². The number of amides is 1. The third-order valence-corrected chi connectivity index (χ3v) is 4.44. The van der Waals surface area contributed by atoms with Crippen LogP contribution in [0.5, 0.6) is 5.75 Å². The van der Waals surface area contributed by atoms with E-state index in [1.165, 1.54) is 31.4 Å². The number of hydrogen-bond donors (Lipinski definition) is 3. The molecule has 7 nitrogen and oxygen atoms in total. The van der Waals surface area contributed by atoms with Crippen LogP contribution in [0.3, 0.4) is 0 Å². The second-order valence-corrected chi connectivity index (χ2v) is 6.48. The molecule has 0 aliphatic rings. The fourth-order valence-corrected chi connectivity index (χ4v) is 3.08. The van der Waals surface area contributed by atoms with Crippen molar-refractivity contribution in [3.05, 3.63) is 46.7 Å². The van der Waals surface area contributed by atoms with Crippen molar-refractivity contribution in [3.8, 4) is 5.75 Å². The third-order valence-electron chi connectivity index (χ3n) is 2.58. The van der Waals surface area contributed by atoms with Crippen LogP contribution in [0.4, 0.5) is 0 Å². The van der Waals surface area contributed by atoms with Crippen LogP contribution in [-0.4, -0.2) is 26.4 Å². The fourth-order valence-electron chi connectivity index (χ4n) is 1.53. The number of aromatic amines is 1. The van der Waals surface area contributed by atoms with E-state index in [1.807, 2.05) is 4.83 Å². The van der Waals surface area contributed by atoms with Gasteiger partial charge in [-0.25, -0.2) is 8.42 Å². The number of hydrazine groups is 1. The van der Waals surface area contributed by atoms with Crippen molar-refractivity contribution in [2.24, 2.45) is 0 Å². The number of benzene rings is 1. The molecule has 0 unspecified atom stereocenters. The van der Waals surface area contributed by atoms with Gasteiger partial charge in [-0.2, -0.15) is 0 Å². The molecule has 2 aromatic rings. The first-order chi connectivity index (χ1) is 9.94. The molecule has 0 aliphatic carbocycles. The summed E-state index contributed by atoms with van der Waals surface area (Å²) in [5.74, 6) is -0.0828. The molecule has 1 aromatic carbocycles. The SMILES string of the molecule is COc1ccc(S(=O)(=O)NNC(=O)c2ccc[nH]2)cc1Br. The van der Waals surface area contributed by atoms with Gasteiger partial charge in [-0.05, 0) is 46.3 Å². The van der Waals surface area contributed by atoms with Crippen molar-refractivity contribution >= 4 is 31.9 Å². The first-order valence-electron chi connectivity index (χ1n) is 5.73. The van der Waals surface area contributed by atoms with Gasteiger partial charge in [0.05, 0.1) is 16.5 Å². The molecule has 0 bridgehead atoms. The summed E-state index contributed by atoms with van der Waals surface area (Å²) in [6.45, 7) is 0. The maximum absolute atomic E-state index is 12.1. The van der Waals surface area contributed by atoms with Crippen LogP contribution in [0.1, 0.15) is 10.5 Å². The number of aromatic nitrogens is 1. The molecule has 0 radical (unpaired) electrons. The normalized spacial score (nSPS) is 11.1. The lowest BCUT2D eigenvalue weighted by molar-refractivity contribution is 0.0940. The van der Waals surface area contributed by atoms with Crippen molar-refractivity contribution in [3.63, 3.8) is 0 Å². The summed E-state index contributed by atoms with van der Waals surface area (Å²) < 4.78 is 29.6. The summed E-state index contributed by atoms with van der Waals surface area (Å²) in [5, 5.41) is 0. The van der Waals surface area contributed by atoms with Crippen LogP contribution < -0.4 is 15.0 Å². The highest BCUT2D eigenvalue weighted by molar-refractivity contribution is 9.10. The lowest BCUT2D eigenvalue weighted by Gasteiger charge is -2.09.